The molecule has 9 heteroatoms. The highest BCUT2D eigenvalue weighted by atomic mass is 32.1. The Hall–Kier alpha value is -3.98. The zero-order valence-electron chi connectivity index (χ0n) is 17.1. The maximum Gasteiger partial charge on any atom is 0.227 e. The maximum absolute atomic E-state index is 9.47. The van der Waals surface area contributed by atoms with Crippen LogP contribution in [0.15, 0.2) is 71.9 Å². The van der Waals surface area contributed by atoms with Gasteiger partial charge in [-0.05, 0) is 47.2 Å². The van der Waals surface area contributed by atoms with Gasteiger partial charge in [0.1, 0.15) is 12.1 Å². The van der Waals surface area contributed by atoms with Crippen molar-refractivity contribution < 1.29 is 5.11 Å². The van der Waals surface area contributed by atoms with Crippen molar-refractivity contribution in [2.75, 3.05) is 17.2 Å². The van der Waals surface area contributed by atoms with Gasteiger partial charge in [-0.2, -0.15) is 21.3 Å². The lowest BCUT2D eigenvalue weighted by Gasteiger charge is -2.11. The molecule has 160 valence electrons. The molecule has 0 saturated carbocycles. The van der Waals surface area contributed by atoms with Crippen molar-refractivity contribution in [2.24, 2.45) is 0 Å². The predicted octanol–water partition coefficient (Wildman–Crippen LogP) is 4.24. The number of thiophene rings is 1. The molecule has 0 bridgehead atoms. The Morgan fingerprint density at radius 2 is 1.91 bits per heavy atom. The number of anilines is 2. The molecule has 1 aromatic carbocycles. The molecule has 8 nitrogen and oxygen atoms in total. The fourth-order valence-corrected chi connectivity index (χ4v) is 3.99. The van der Waals surface area contributed by atoms with Crippen molar-refractivity contribution in [2.45, 2.75) is 13.0 Å². The molecule has 3 N–H and O–H groups in total. The van der Waals surface area contributed by atoms with Gasteiger partial charge in [0.15, 0.2) is 17.0 Å². The van der Waals surface area contributed by atoms with Crippen LogP contribution in [-0.2, 0) is 13.0 Å². The first-order valence-corrected chi connectivity index (χ1v) is 11.1. The first-order chi connectivity index (χ1) is 15.8. The van der Waals surface area contributed by atoms with Crippen LogP contribution < -0.4 is 10.6 Å². The number of rotatable bonds is 8. The molecule has 0 fully saturated rings. The lowest BCUT2D eigenvalue weighted by atomic mass is 10.1. The van der Waals surface area contributed by atoms with Gasteiger partial charge in [0.05, 0.1) is 5.69 Å². The first-order valence-electron chi connectivity index (χ1n) is 10.2. The van der Waals surface area contributed by atoms with E-state index in [9.17, 15) is 5.11 Å². The summed E-state index contributed by atoms with van der Waals surface area (Å²) in [5, 5.41) is 20.3. The fourth-order valence-electron chi connectivity index (χ4n) is 3.36. The third-order valence-corrected chi connectivity index (χ3v) is 5.67. The number of fused-ring (bicyclic) bond motifs is 1. The van der Waals surface area contributed by atoms with Crippen molar-refractivity contribution in [3.05, 3.63) is 83.1 Å². The number of hydrogen-bond donors (Lipinski definition) is 3. The van der Waals surface area contributed by atoms with Crippen LogP contribution in [0.25, 0.3) is 16.9 Å². The second-order valence-corrected chi connectivity index (χ2v) is 8.00. The number of nitrogens with one attached hydrogen (secondary N) is 2. The van der Waals surface area contributed by atoms with E-state index in [2.05, 4.69) is 31.0 Å². The molecular formula is C23H21N7OS. The van der Waals surface area contributed by atoms with Gasteiger partial charge in [0.2, 0.25) is 5.95 Å². The molecule has 0 amide bonds. The average molecular weight is 444 g/mol. The van der Waals surface area contributed by atoms with Crippen LogP contribution in [0.5, 0.6) is 5.75 Å². The molecular weight excluding hydrogens is 422 g/mol. The van der Waals surface area contributed by atoms with Gasteiger partial charge < -0.3 is 15.7 Å². The Balaban J connectivity index is 1.42. The predicted molar refractivity (Wildman–Crippen MR) is 126 cm³/mol. The van der Waals surface area contributed by atoms with E-state index in [4.69, 9.17) is 4.98 Å². The Kier molecular flexibility index (Phi) is 5.63. The van der Waals surface area contributed by atoms with Gasteiger partial charge in [-0.1, -0.05) is 18.2 Å². The minimum Gasteiger partial charge on any atom is -0.508 e. The smallest absolute Gasteiger partial charge is 0.227 e. The molecule has 0 unspecified atom stereocenters. The van der Waals surface area contributed by atoms with Gasteiger partial charge in [-0.25, -0.2) is 4.98 Å². The van der Waals surface area contributed by atoms with Gasteiger partial charge in [-0.15, -0.1) is 0 Å². The zero-order valence-corrected chi connectivity index (χ0v) is 18.0. The number of phenolic OH excluding ortho intramolecular Hbond substituents is 1. The standard InChI is InChI=1S/C23H21N7OS/c31-19-5-3-16(4-6-19)7-10-25-21-20-22(30(15-27-20)18-8-11-32-14-18)29-23(28-21)26-13-17-2-1-9-24-12-17/h1-6,8-9,11-12,14-15,31H,7,10,13H2,(H2,25,26,28,29). The summed E-state index contributed by atoms with van der Waals surface area (Å²) >= 11 is 1.63. The van der Waals surface area contributed by atoms with Crippen LogP contribution >= 0.6 is 11.3 Å². The summed E-state index contributed by atoms with van der Waals surface area (Å²) in [7, 11) is 0. The van der Waals surface area contributed by atoms with E-state index in [0.717, 1.165) is 28.9 Å². The van der Waals surface area contributed by atoms with E-state index in [-0.39, 0.29) is 5.75 Å². The summed E-state index contributed by atoms with van der Waals surface area (Å²) in [6, 6.07) is 13.2. The topological polar surface area (TPSA) is 101 Å². The summed E-state index contributed by atoms with van der Waals surface area (Å²) in [5.74, 6) is 1.46. The molecule has 32 heavy (non-hydrogen) atoms. The van der Waals surface area contributed by atoms with Crippen molar-refractivity contribution >= 4 is 34.3 Å². The monoisotopic (exact) mass is 443 g/mol. The Labute approximate surface area is 188 Å². The lowest BCUT2D eigenvalue weighted by Crippen LogP contribution is -2.11. The van der Waals surface area contributed by atoms with E-state index in [1.54, 1.807) is 36.0 Å². The molecule has 0 saturated heterocycles. The molecule has 5 rings (SSSR count). The highest BCUT2D eigenvalue weighted by Crippen LogP contribution is 2.25. The third kappa shape index (κ3) is 4.37. The first kappa shape index (κ1) is 20.0. The molecule has 0 aliphatic carbocycles. The quantitative estimate of drug-likeness (QED) is 0.330. The number of nitrogens with zero attached hydrogens (tertiary/aromatic N) is 5. The van der Waals surface area contributed by atoms with Gasteiger partial charge in [-0.3, -0.25) is 9.55 Å². The maximum atomic E-state index is 9.47. The highest BCUT2D eigenvalue weighted by molar-refractivity contribution is 7.08. The van der Waals surface area contributed by atoms with Crippen LogP contribution in [0.1, 0.15) is 11.1 Å². The SMILES string of the molecule is Oc1ccc(CCNc2nc(NCc3cccnc3)nc3c2ncn3-c2ccsc2)cc1. The number of pyridine rings is 1. The van der Waals surface area contributed by atoms with Crippen LogP contribution in [0.2, 0.25) is 0 Å². The number of imidazole rings is 1. The van der Waals surface area contributed by atoms with Crippen molar-refractivity contribution in [3.8, 4) is 11.4 Å². The minimum absolute atomic E-state index is 0.266. The van der Waals surface area contributed by atoms with Gasteiger partial charge in [0.25, 0.3) is 0 Å². The minimum atomic E-state index is 0.266. The van der Waals surface area contributed by atoms with Crippen LogP contribution in [-0.4, -0.2) is 36.2 Å². The summed E-state index contributed by atoms with van der Waals surface area (Å²) < 4.78 is 1.97. The Bertz CT molecular complexity index is 1300. The van der Waals surface area contributed by atoms with E-state index in [1.165, 1.54) is 0 Å². The second kappa shape index (κ2) is 9.03. The van der Waals surface area contributed by atoms with Gasteiger partial charge >= 0.3 is 0 Å². The summed E-state index contributed by atoms with van der Waals surface area (Å²) in [4.78, 5) is 18.2. The van der Waals surface area contributed by atoms with E-state index in [1.807, 2.05) is 46.5 Å². The number of hydrogen-bond acceptors (Lipinski definition) is 8. The second-order valence-electron chi connectivity index (χ2n) is 7.22. The summed E-state index contributed by atoms with van der Waals surface area (Å²) in [6.07, 6.45) is 6.13. The Morgan fingerprint density at radius 1 is 1.00 bits per heavy atom. The molecule has 4 aromatic heterocycles. The van der Waals surface area contributed by atoms with E-state index < -0.39 is 0 Å². The largest absolute Gasteiger partial charge is 0.508 e. The van der Waals surface area contributed by atoms with E-state index >= 15 is 0 Å². The van der Waals surface area contributed by atoms with Crippen LogP contribution in [0.4, 0.5) is 11.8 Å². The van der Waals surface area contributed by atoms with Crippen LogP contribution in [0, 0.1) is 0 Å². The fraction of sp³-hybridized carbons (Fsp3) is 0.130. The van der Waals surface area contributed by atoms with Crippen LogP contribution in [0.3, 0.4) is 0 Å². The van der Waals surface area contributed by atoms with Crippen molar-refractivity contribution in [1.82, 2.24) is 24.5 Å². The molecule has 0 radical (unpaired) electrons. The molecule has 0 spiro atoms. The normalized spacial score (nSPS) is 11.0. The molecule has 0 aliphatic rings. The average Bonchev–Trinajstić information content (AvgIpc) is 3.49. The van der Waals surface area contributed by atoms with E-state index in [0.29, 0.717) is 30.4 Å². The molecule has 0 atom stereocenters. The third-order valence-electron chi connectivity index (χ3n) is 5.00. The number of aromatic nitrogens is 5. The molecule has 0 aliphatic heterocycles. The van der Waals surface area contributed by atoms with Crippen molar-refractivity contribution in [1.29, 1.82) is 0 Å². The number of benzene rings is 1. The number of phenols is 1. The zero-order chi connectivity index (χ0) is 21.8. The summed E-state index contributed by atoms with van der Waals surface area (Å²) in [6.45, 7) is 1.24. The summed E-state index contributed by atoms with van der Waals surface area (Å²) in [5.41, 5.74) is 4.64. The van der Waals surface area contributed by atoms with Crippen molar-refractivity contribution in [3.63, 3.8) is 0 Å². The van der Waals surface area contributed by atoms with Gasteiger partial charge in [0, 0.05) is 30.9 Å². The molecule has 4 heterocycles. The molecule has 5 aromatic rings. The highest BCUT2D eigenvalue weighted by Gasteiger charge is 2.14. The number of aromatic hydroxyl groups is 1. The Morgan fingerprint density at radius 3 is 2.69 bits per heavy atom. The lowest BCUT2D eigenvalue weighted by molar-refractivity contribution is 0.475.